The summed E-state index contributed by atoms with van der Waals surface area (Å²) in [6.45, 7) is 3.89. The fourth-order valence-corrected chi connectivity index (χ4v) is 2.65. The third-order valence-electron chi connectivity index (χ3n) is 1.99. The van der Waals surface area contributed by atoms with E-state index in [1.165, 1.54) is 0 Å². The Kier molecular flexibility index (Phi) is 3.54. The van der Waals surface area contributed by atoms with E-state index < -0.39 is 10.0 Å². The Balaban J connectivity index is 3.05. The molecule has 0 aliphatic heterocycles. The van der Waals surface area contributed by atoms with Crippen LogP contribution in [-0.2, 0) is 23.6 Å². The average molecular weight is 231 g/mol. The van der Waals surface area contributed by atoms with E-state index in [0.717, 1.165) is 5.69 Å². The van der Waals surface area contributed by atoms with Gasteiger partial charge in [-0.15, -0.1) is 0 Å². The number of aryl methyl sites for hydroxylation is 1. The van der Waals surface area contributed by atoms with E-state index in [1.807, 2.05) is 0 Å². The van der Waals surface area contributed by atoms with Crippen molar-refractivity contribution < 1.29 is 8.42 Å². The molecule has 86 valence electrons. The lowest BCUT2D eigenvalue weighted by molar-refractivity contribution is 0.569. The van der Waals surface area contributed by atoms with Gasteiger partial charge in [0.15, 0.2) is 0 Å². The molecule has 0 unspecified atom stereocenters. The van der Waals surface area contributed by atoms with Crippen LogP contribution in [0.3, 0.4) is 0 Å². The number of aromatic nitrogens is 1. The fraction of sp³-hybridized carbons (Fsp3) is 0.556. The lowest BCUT2D eigenvalue weighted by atomic mass is 10.4. The normalized spacial score (nSPS) is 12.3. The van der Waals surface area contributed by atoms with Crippen molar-refractivity contribution in [2.75, 3.05) is 0 Å². The summed E-state index contributed by atoms with van der Waals surface area (Å²) in [6.07, 6.45) is 1.56. The van der Waals surface area contributed by atoms with E-state index in [4.69, 9.17) is 5.73 Å². The molecule has 0 atom stereocenters. The Bertz CT molecular complexity index is 434. The molecule has 1 rings (SSSR count). The summed E-state index contributed by atoms with van der Waals surface area (Å²) >= 11 is 0. The van der Waals surface area contributed by atoms with Crippen LogP contribution in [0, 0.1) is 0 Å². The summed E-state index contributed by atoms with van der Waals surface area (Å²) in [5, 5.41) is 0. The van der Waals surface area contributed by atoms with E-state index in [9.17, 15) is 8.42 Å². The van der Waals surface area contributed by atoms with Gasteiger partial charge in [0.05, 0.1) is 4.90 Å². The van der Waals surface area contributed by atoms with E-state index in [-0.39, 0.29) is 10.9 Å². The molecule has 0 amide bonds. The van der Waals surface area contributed by atoms with Crippen molar-refractivity contribution in [2.24, 2.45) is 12.8 Å². The number of nitrogens with zero attached hydrogens (tertiary/aromatic N) is 1. The second-order valence-corrected chi connectivity index (χ2v) is 5.47. The molecular weight excluding hydrogens is 214 g/mol. The van der Waals surface area contributed by atoms with Crippen molar-refractivity contribution in [2.45, 2.75) is 31.3 Å². The molecule has 0 saturated carbocycles. The first-order valence-electron chi connectivity index (χ1n) is 4.74. The molecule has 0 saturated heterocycles. The topological polar surface area (TPSA) is 77.1 Å². The molecule has 0 radical (unpaired) electrons. The zero-order valence-electron chi connectivity index (χ0n) is 9.19. The van der Waals surface area contributed by atoms with Crippen molar-refractivity contribution in [1.82, 2.24) is 9.29 Å². The Hall–Kier alpha value is -0.850. The Morgan fingerprint density at radius 3 is 2.53 bits per heavy atom. The SMILES string of the molecule is CC(C)NS(=O)(=O)c1cc(CN)n(C)c1. The van der Waals surface area contributed by atoms with E-state index >= 15 is 0 Å². The van der Waals surface area contributed by atoms with Crippen LogP contribution in [0.2, 0.25) is 0 Å². The molecule has 0 bridgehead atoms. The Morgan fingerprint density at radius 2 is 2.13 bits per heavy atom. The number of rotatable bonds is 4. The monoisotopic (exact) mass is 231 g/mol. The molecule has 0 spiro atoms. The molecule has 1 aromatic rings. The van der Waals surface area contributed by atoms with Gasteiger partial charge in [0.2, 0.25) is 10.0 Å². The highest BCUT2D eigenvalue weighted by molar-refractivity contribution is 7.89. The van der Waals surface area contributed by atoms with Crippen molar-refractivity contribution in [3.05, 3.63) is 18.0 Å². The highest BCUT2D eigenvalue weighted by atomic mass is 32.2. The van der Waals surface area contributed by atoms with Crippen molar-refractivity contribution in [1.29, 1.82) is 0 Å². The summed E-state index contributed by atoms with van der Waals surface area (Å²) in [6, 6.07) is 1.47. The standard InChI is InChI=1S/C9H17N3O2S/c1-7(2)11-15(13,14)9-4-8(5-10)12(3)6-9/h4,6-7,11H,5,10H2,1-3H3. The molecule has 0 aliphatic carbocycles. The number of nitrogens with two attached hydrogens (primary N) is 1. The zero-order chi connectivity index (χ0) is 11.6. The van der Waals surface area contributed by atoms with Gasteiger partial charge in [-0.25, -0.2) is 13.1 Å². The first-order chi connectivity index (χ1) is 6.86. The van der Waals surface area contributed by atoms with Gasteiger partial charge >= 0.3 is 0 Å². The largest absolute Gasteiger partial charge is 0.352 e. The molecule has 1 heterocycles. The highest BCUT2D eigenvalue weighted by Crippen LogP contribution is 2.13. The molecule has 3 N–H and O–H groups in total. The van der Waals surface area contributed by atoms with Crippen molar-refractivity contribution in [3.63, 3.8) is 0 Å². The van der Waals surface area contributed by atoms with E-state index in [0.29, 0.717) is 6.54 Å². The van der Waals surface area contributed by atoms with Crippen LogP contribution in [0.1, 0.15) is 19.5 Å². The van der Waals surface area contributed by atoms with Gasteiger partial charge in [-0.3, -0.25) is 0 Å². The highest BCUT2D eigenvalue weighted by Gasteiger charge is 2.17. The molecule has 0 aromatic carbocycles. The van der Waals surface area contributed by atoms with Crippen LogP contribution < -0.4 is 10.5 Å². The Labute approximate surface area is 90.3 Å². The molecule has 6 heteroatoms. The third kappa shape index (κ3) is 2.80. The van der Waals surface area contributed by atoms with Gasteiger partial charge in [-0.05, 0) is 19.9 Å². The summed E-state index contributed by atoms with van der Waals surface area (Å²) in [5.41, 5.74) is 6.26. The van der Waals surface area contributed by atoms with Crippen LogP contribution in [-0.4, -0.2) is 19.0 Å². The number of sulfonamides is 1. The third-order valence-corrected chi connectivity index (χ3v) is 3.62. The van der Waals surface area contributed by atoms with E-state index in [2.05, 4.69) is 4.72 Å². The van der Waals surface area contributed by atoms with Crippen LogP contribution >= 0.6 is 0 Å². The summed E-state index contributed by atoms with van der Waals surface area (Å²) in [7, 11) is -1.62. The molecule has 15 heavy (non-hydrogen) atoms. The molecule has 5 nitrogen and oxygen atoms in total. The first-order valence-corrected chi connectivity index (χ1v) is 6.22. The molecule has 0 fully saturated rings. The summed E-state index contributed by atoms with van der Waals surface area (Å²) in [4.78, 5) is 0.263. The van der Waals surface area contributed by atoms with E-state index in [1.54, 1.807) is 37.7 Å². The van der Waals surface area contributed by atoms with Gasteiger partial charge in [-0.2, -0.15) is 0 Å². The number of nitrogens with one attached hydrogen (secondary N) is 1. The number of hydrogen-bond donors (Lipinski definition) is 2. The fourth-order valence-electron chi connectivity index (χ4n) is 1.31. The minimum Gasteiger partial charge on any atom is -0.352 e. The van der Waals surface area contributed by atoms with Crippen LogP contribution in [0.15, 0.2) is 17.2 Å². The zero-order valence-corrected chi connectivity index (χ0v) is 10.0. The maximum Gasteiger partial charge on any atom is 0.242 e. The van der Waals surface area contributed by atoms with Crippen LogP contribution in [0.25, 0.3) is 0 Å². The Morgan fingerprint density at radius 1 is 1.53 bits per heavy atom. The summed E-state index contributed by atoms with van der Waals surface area (Å²) in [5.74, 6) is 0. The predicted octanol–water partition coefficient (Wildman–Crippen LogP) is 0.171. The quantitative estimate of drug-likeness (QED) is 0.775. The maximum atomic E-state index is 11.8. The lowest BCUT2D eigenvalue weighted by Crippen LogP contribution is -2.29. The summed E-state index contributed by atoms with van der Waals surface area (Å²) < 4.78 is 27.8. The second-order valence-electron chi connectivity index (χ2n) is 3.76. The van der Waals surface area contributed by atoms with Crippen LogP contribution in [0.5, 0.6) is 0 Å². The van der Waals surface area contributed by atoms with Gasteiger partial charge in [0.1, 0.15) is 0 Å². The average Bonchev–Trinajstić information content (AvgIpc) is 2.45. The minimum atomic E-state index is -3.40. The molecule has 0 aliphatic rings. The lowest BCUT2D eigenvalue weighted by Gasteiger charge is -2.07. The predicted molar refractivity (Wildman–Crippen MR) is 58.8 cm³/mol. The minimum absolute atomic E-state index is 0.114. The molecule has 1 aromatic heterocycles. The maximum absolute atomic E-state index is 11.8. The van der Waals surface area contributed by atoms with Gasteiger partial charge < -0.3 is 10.3 Å². The molecular formula is C9H17N3O2S. The van der Waals surface area contributed by atoms with Gasteiger partial charge in [0.25, 0.3) is 0 Å². The van der Waals surface area contributed by atoms with Crippen molar-refractivity contribution >= 4 is 10.0 Å². The smallest absolute Gasteiger partial charge is 0.242 e. The van der Waals surface area contributed by atoms with Gasteiger partial charge in [0, 0.05) is 31.5 Å². The second kappa shape index (κ2) is 4.34. The van der Waals surface area contributed by atoms with Crippen molar-refractivity contribution in [3.8, 4) is 0 Å². The van der Waals surface area contributed by atoms with Gasteiger partial charge in [-0.1, -0.05) is 0 Å². The number of hydrogen-bond acceptors (Lipinski definition) is 3. The first kappa shape index (κ1) is 12.2. The van der Waals surface area contributed by atoms with Crippen LogP contribution in [0.4, 0.5) is 0 Å².